The molecule has 9 rings (SSSR count). The van der Waals surface area contributed by atoms with Crippen LogP contribution in [0.25, 0.3) is 33.5 Å². The number of ether oxygens (including phenoxy) is 5. The molecule has 3 saturated heterocycles. The Morgan fingerprint density at radius 1 is 0.592 bits per heavy atom. The first-order valence-electron chi connectivity index (χ1n) is 20.3. The highest BCUT2D eigenvalue weighted by Crippen LogP contribution is 2.53. The first kappa shape index (κ1) is 50.6. The zero-order valence-corrected chi connectivity index (χ0v) is 38.9. The van der Waals surface area contributed by atoms with E-state index in [1.807, 2.05) is 0 Å². The smallest absolute Gasteiger partial charge is 0.387 e. The third-order valence-corrected chi connectivity index (χ3v) is 13.7. The minimum absolute atomic E-state index is 0.0165. The normalized spacial score (nSPS) is 29.9. The summed E-state index contributed by atoms with van der Waals surface area (Å²) >= 11 is 0. The van der Waals surface area contributed by atoms with Gasteiger partial charge in [-0.05, 0) is 0 Å². The number of nitrogens with two attached hydrogens (primary N) is 3. The average molecular weight is 1070 g/mol. The fourth-order valence-corrected chi connectivity index (χ4v) is 10.4. The number of aliphatic hydroxyl groups excluding tert-OH is 2. The number of phosphoric ester groups is 3. The number of H-pyrrole nitrogens is 2. The molecule has 3 fully saturated rings. The molecule has 36 nitrogen and oxygen atoms in total. The zero-order chi connectivity index (χ0) is 50.9. The van der Waals surface area contributed by atoms with Crippen LogP contribution in [0, 0.1) is 0 Å². The Morgan fingerprint density at radius 2 is 1.03 bits per heavy atom. The Hall–Kier alpha value is -5.30. The van der Waals surface area contributed by atoms with E-state index in [9.17, 15) is 53.1 Å². The fraction of sp³-hybridized carbons (Fsp3) is 0.531. The topological polar surface area (TPSA) is 514 Å². The highest BCUT2D eigenvalue weighted by Gasteiger charge is 2.54. The standard InChI is InChI=1S/C32H42N15O21P3/c1-59-20-18(11(4-61-69(52,53)54)65-29(20)45-7-38-13-22(33)36-6-37-23(13)45)67-71(57,58)63-5-12-19(21(60-2)30(66-12)47-9-40-15-25(47)42-32(35)44-27(15)51)68-70(55,56)62-3-10-16(48)17(49)28(64-10)46-8-39-14-24(46)41-31(34)43-26(14)50/h6-12,16-21,28-30,48-49H,3-5H2,1-2H3,(H,55,56)(H,57,58)(H2,33,36,37)(H2,52,53,54)(H3,34,41,43,50)(H3,35,42,44,51)/t10-,11-,12-,16?,17+,18?,19?,20+,21+,28-,29-,30-/m1/s1. The minimum Gasteiger partial charge on any atom is -0.387 e. The van der Waals surface area contributed by atoms with E-state index in [0.717, 1.165) is 35.2 Å². The number of rotatable bonds is 18. The summed E-state index contributed by atoms with van der Waals surface area (Å²) in [5, 5.41) is 21.8. The summed E-state index contributed by atoms with van der Waals surface area (Å²) in [6, 6.07) is 0. The molecule has 3 aliphatic rings. The van der Waals surface area contributed by atoms with E-state index in [-0.39, 0.29) is 51.2 Å². The lowest BCUT2D eigenvalue weighted by Crippen LogP contribution is -2.39. The largest absolute Gasteiger partial charge is 0.472 e. The van der Waals surface area contributed by atoms with Crippen LogP contribution in [0.2, 0.25) is 0 Å². The van der Waals surface area contributed by atoms with E-state index in [1.54, 1.807) is 0 Å². The average Bonchev–Trinajstić information content (AvgIpc) is 4.16. The maximum atomic E-state index is 13.9. The van der Waals surface area contributed by atoms with Crippen LogP contribution in [-0.4, -0.2) is 177 Å². The number of nitrogens with zero attached hydrogens (tertiary/aromatic N) is 10. The molecule has 71 heavy (non-hydrogen) atoms. The summed E-state index contributed by atoms with van der Waals surface area (Å²) in [7, 11) is -13.7. The number of phosphoric acid groups is 3. The molecule has 14 N–H and O–H groups in total. The molecule has 3 aliphatic heterocycles. The lowest BCUT2D eigenvalue weighted by atomic mass is 10.1. The van der Waals surface area contributed by atoms with Crippen molar-refractivity contribution in [3.8, 4) is 0 Å². The van der Waals surface area contributed by atoms with Gasteiger partial charge in [-0.2, -0.15) is 9.97 Å². The lowest BCUT2D eigenvalue weighted by Gasteiger charge is -2.27. The van der Waals surface area contributed by atoms with Crippen molar-refractivity contribution in [2.24, 2.45) is 0 Å². The number of nitrogen functional groups attached to an aromatic ring is 3. The molecule has 6 aromatic rings. The Labute approximate surface area is 393 Å². The van der Waals surface area contributed by atoms with Gasteiger partial charge in [0, 0.05) is 14.2 Å². The molecule has 0 amide bonds. The summed E-state index contributed by atoms with van der Waals surface area (Å²) < 4.78 is 98.6. The van der Waals surface area contributed by atoms with Gasteiger partial charge in [-0.25, -0.2) is 38.6 Å². The Morgan fingerprint density at radius 3 is 1.52 bits per heavy atom. The molecule has 0 aliphatic carbocycles. The van der Waals surface area contributed by atoms with Gasteiger partial charge >= 0.3 is 23.5 Å². The monoisotopic (exact) mass is 1070 g/mol. The van der Waals surface area contributed by atoms with Gasteiger partial charge in [0.15, 0.2) is 52.5 Å². The van der Waals surface area contributed by atoms with Gasteiger partial charge in [-0.3, -0.25) is 55.9 Å². The van der Waals surface area contributed by atoms with Crippen molar-refractivity contribution in [1.29, 1.82) is 0 Å². The molecule has 0 bridgehead atoms. The molecule has 0 radical (unpaired) electrons. The number of aromatic amines is 2. The highest BCUT2D eigenvalue weighted by atomic mass is 31.2. The van der Waals surface area contributed by atoms with E-state index in [4.69, 9.17) is 59.0 Å². The van der Waals surface area contributed by atoms with Crippen molar-refractivity contribution < 1.29 is 89.8 Å². The SMILES string of the molecule is CO[C@H]1C(OP(=O)(O)OC[C@H]2O[C@@H](n3cnc4c(=O)[nH]c(N)nc43)[C@@H](OC)C2OP(=O)(O)OC[C@H]2O[C@@H](n3cnc4c(=O)[nH]c(N)nc43)[C@@H](O)C2O)[C@@H](COP(=O)(O)O)O[C@H]1n1cnc2c(N)ncnc21. The number of fused-ring (bicyclic) bond motifs is 3. The summed E-state index contributed by atoms with van der Waals surface area (Å²) in [5.41, 5.74) is 15.5. The van der Waals surface area contributed by atoms with E-state index >= 15 is 0 Å². The third kappa shape index (κ3) is 9.97. The lowest BCUT2D eigenvalue weighted by molar-refractivity contribution is -0.0631. The first-order valence-corrected chi connectivity index (χ1v) is 24.9. The van der Waals surface area contributed by atoms with Gasteiger partial charge in [0.1, 0.15) is 66.8 Å². The van der Waals surface area contributed by atoms with Gasteiger partial charge in [0.25, 0.3) is 11.1 Å². The van der Waals surface area contributed by atoms with Gasteiger partial charge in [-0.1, -0.05) is 0 Å². The van der Waals surface area contributed by atoms with Crippen molar-refractivity contribution in [3.63, 3.8) is 0 Å². The third-order valence-electron chi connectivity index (χ3n) is 11.3. The highest BCUT2D eigenvalue weighted by molar-refractivity contribution is 7.47. The second-order valence-electron chi connectivity index (χ2n) is 15.7. The predicted octanol–water partition coefficient (Wildman–Crippen LogP) is -3.60. The Bertz CT molecular complexity index is 3220. The molecule has 5 unspecified atom stereocenters. The summed E-state index contributed by atoms with van der Waals surface area (Å²) in [5.74, 6) is -0.655. The number of anilines is 3. The van der Waals surface area contributed by atoms with Crippen LogP contribution < -0.4 is 28.3 Å². The first-order chi connectivity index (χ1) is 33.6. The van der Waals surface area contributed by atoms with Crippen molar-refractivity contribution >= 4 is 74.7 Å². The van der Waals surface area contributed by atoms with Crippen LogP contribution in [0.4, 0.5) is 17.7 Å². The molecular weight excluding hydrogens is 1020 g/mol. The van der Waals surface area contributed by atoms with Gasteiger partial charge in [0.05, 0.1) is 38.8 Å². The van der Waals surface area contributed by atoms with E-state index in [1.165, 1.54) is 18.0 Å². The maximum absolute atomic E-state index is 13.9. The number of methoxy groups -OCH3 is 2. The molecule has 9 heterocycles. The van der Waals surface area contributed by atoms with Gasteiger partial charge < -0.3 is 70.7 Å². The number of imidazole rings is 3. The van der Waals surface area contributed by atoms with E-state index in [2.05, 4.69) is 49.4 Å². The van der Waals surface area contributed by atoms with Crippen LogP contribution in [0.15, 0.2) is 34.9 Å². The maximum Gasteiger partial charge on any atom is 0.472 e. The van der Waals surface area contributed by atoms with Crippen molar-refractivity contribution in [2.75, 3.05) is 51.2 Å². The summed E-state index contributed by atoms with van der Waals surface area (Å²) in [6.45, 7) is -2.92. The number of nitrogens with one attached hydrogen (secondary N) is 2. The Kier molecular flexibility index (Phi) is 13.7. The van der Waals surface area contributed by atoms with Crippen molar-refractivity contribution in [2.45, 2.75) is 73.6 Å². The molecule has 39 heteroatoms. The second kappa shape index (κ2) is 19.3. The minimum atomic E-state index is -5.45. The molecule has 386 valence electrons. The quantitative estimate of drug-likeness (QED) is 0.0370. The molecule has 6 aromatic heterocycles. The molecule has 0 spiro atoms. The van der Waals surface area contributed by atoms with Crippen LogP contribution in [-0.2, 0) is 60.0 Å². The van der Waals surface area contributed by atoms with Crippen LogP contribution in [0.1, 0.15) is 18.7 Å². The number of aromatic nitrogens is 12. The summed E-state index contributed by atoms with van der Waals surface area (Å²) in [4.78, 5) is 99.3. The van der Waals surface area contributed by atoms with Crippen molar-refractivity contribution in [1.82, 2.24) is 58.6 Å². The van der Waals surface area contributed by atoms with E-state index < -0.39 is 128 Å². The molecule has 0 aromatic carbocycles. The van der Waals surface area contributed by atoms with Crippen LogP contribution in [0.3, 0.4) is 0 Å². The number of hydrogen-bond donors (Lipinski definition) is 11. The Balaban J connectivity index is 0.958. The number of hydrogen-bond acceptors (Lipinski definition) is 27. The number of aliphatic hydroxyl groups is 2. The van der Waals surface area contributed by atoms with Crippen LogP contribution >= 0.6 is 23.5 Å². The van der Waals surface area contributed by atoms with E-state index in [0.29, 0.717) is 0 Å². The fourth-order valence-electron chi connectivity index (χ4n) is 8.17. The van der Waals surface area contributed by atoms with Crippen molar-refractivity contribution in [3.05, 3.63) is 46.0 Å². The second-order valence-corrected chi connectivity index (χ2v) is 19.7. The van der Waals surface area contributed by atoms with Gasteiger partial charge in [-0.15, -0.1) is 0 Å². The molecule has 0 saturated carbocycles. The molecular formula is C32H42N15O21P3. The van der Waals surface area contributed by atoms with Crippen LogP contribution in [0.5, 0.6) is 0 Å². The van der Waals surface area contributed by atoms with Gasteiger partial charge in [0.2, 0.25) is 11.9 Å². The zero-order valence-electron chi connectivity index (χ0n) is 36.2. The predicted molar refractivity (Wildman–Crippen MR) is 229 cm³/mol. The summed E-state index contributed by atoms with van der Waals surface area (Å²) in [6.07, 6.45) is -14.6. The molecule has 14 atom stereocenters.